The van der Waals surface area contributed by atoms with E-state index in [1.165, 1.54) is 0 Å². The lowest BCUT2D eigenvalue weighted by Gasteiger charge is -2.15. The summed E-state index contributed by atoms with van der Waals surface area (Å²) in [5.41, 5.74) is 5.59. The summed E-state index contributed by atoms with van der Waals surface area (Å²) in [5.74, 6) is 0.0679. The first kappa shape index (κ1) is 14.2. The summed E-state index contributed by atoms with van der Waals surface area (Å²) in [6, 6.07) is 2.48. The molecule has 2 unspecified atom stereocenters. The van der Waals surface area contributed by atoms with E-state index in [4.69, 9.17) is 15.3 Å². The second-order valence-corrected chi connectivity index (χ2v) is 4.22. The maximum Gasteiger partial charge on any atom is 0.303 e. The molecular weight excluding hydrogens is 236 g/mol. The first-order chi connectivity index (χ1) is 8.40. The van der Waals surface area contributed by atoms with E-state index in [0.29, 0.717) is 5.76 Å². The van der Waals surface area contributed by atoms with Crippen molar-refractivity contribution in [3.05, 3.63) is 23.7 Å². The standard InChI is InChI=1S/C12H18N2O4/c1-7-3-5-10(18-7)8(2)14-12(17)9(13)4-6-11(15)16/h3,5,8-9H,4,6,13H2,1-2H3,(H,14,17)(H,15,16). The van der Waals surface area contributed by atoms with Gasteiger partial charge in [-0.2, -0.15) is 0 Å². The second kappa shape index (κ2) is 6.20. The van der Waals surface area contributed by atoms with E-state index in [0.717, 1.165) is 5.76 Å². The summed E-state index contributed by atoms with van der Waals surface area (Å²) in [6.45, 7) is 3.59. The van der Waals surface area contributed by atoms with Crippen LogP contribution in [0.1, 0.15) is 37.3 Å². The highest BCUT2D eigenvalue weighted by Crippen LogP contribution is 2.15. The molecule has 1 rings (SSSR count). The Morgan fingerprint density at radius 3 is 2.67 bits per heavy atom. The van der Waals surface area contributed by atoms with Gasteiger partial charge in [0.15, 0.2) is 0 Å². The van der Waals surface area contributed by atoms with Crippen molar-refractivity contribution in [2.75, 3.05) is 0 Å². The van der Waals surface area contributed by atoms with Crippen LogP contribution < -0.4 is 11.1 Å². The molecule has 0 aliphatic heterocycles. The molecule has 1 heterocycles. The molecule has 6 nitrogen and oxygen atoms in total. The second-order valence-electron chi connectivity index (χ2n) is 4.22. The molecule has 100 valence electrons. The van der Waals surface area contributed by atoms with Crippen LogP contribution in [0.2, 0.25) is 0 Å². The Labute approximate surface area is 105 Å². The highest BCUT2D eigenvalue weighted by molar-refractivity contribution is 5.82. The van der Waals surface area contributed by atoms with E-state index < -0.39 is 12.0 Å². The molecule has 1 amide bonds. The SMILES string of the molecule is Cc1ccc(C(C)NC(=O)C(N)CCC(=O)O)o1. The van der Waals surface area contributed by atoms with Crippen LogP contribution >= 0.6 is 0 Å². The lowest BCUT2D eigenvalue weighted by atomic mass is 10.1. The summed E-state index contributed by atoms with van der Waals surface area (Å²) in [4.78, 5) is 22.0. The van der Waals surface area contributed by atoms with Gasteiger partial charge in [0.25, 0.3) is 0 Å². The molecule has 0 saturated carbocycles. The lowest BCUT2D eigenvalue weighted by Crippen LogP contribution is -2.41. The van der Waals surface area contributed by atoms with Gasteiger partial charge < -0.3 is 20.6 Å². The van der Waals surface area contributed by atoms with Crippen LogP contribution in [-0.4, -0.2) is 23.0 Å². The number of hydrogen-bond acceptors (Lipinski definition) is 4. The molecule has 0 radical (unpaired) electrons. The first-order valence-corrected chi connectivity index (χ1v) is 5.74. The van der Waals surface area contributed by atoms with Crippen LogP contribution in [-0.2, 0) is 9.59 Å². The van der Waals surface area contributed by atoms with Gasteiger partial charge in [-0.05, 0) is 32.4 Å². The van der Waals surface area contributed by atoms with Crippen LogP contribution in [0.5, 0.6) is 0 Å². The monoisotopic (exact) mass is 254 g/mol. The average molecular weight is 254 g/mol. The summed E-state index contributed by atoms with van der Waals surface area (Å²) in [7, 11) is 0. The number of carbonyl (C=O) groups is 2. The van der Waals surface area contributed by atoms with Crippen LogP contribution in [0, 0.1) is 6.92 Å². The van der Waals surface area contributed by atoms with Gasteiger partial charge in [-0.25, -0.2) is 0 Å². The molecule has 18 heavy (non-hydrogen) atoms. The van der Waals surface area contributed by atoms with E-state index in [1.54, 1.807) is 13.0 Å². The predicted molar refractivity (Wildman–Crippen MR) is 64.8 cm³/mol. The number of amides is 1. The summed E-state index contributed by atoms with van der Waals surface area (Å²) in [6.07, 6.45) is -0.00605. The normalized spacial score (nSPS) is 13.9. The summed E-state index contributed by atoms with van der Waals surface area (Å²) in [5, 5.41) is 11.2. The Hall–Kier alpha value is -1.82. The molecule has 2 atom stereocenters. The minimum atomic E-state index is -0.965. The van der Waals surface area contributed by atoms with E-state index in [2.05, 4.69) is 5.32 Å². The molecule has 0 aromatic carbocycles. The zero-order valence-electron chi connectivity index (χ0n) is 10.5. The fourth-order valence-corrected chi connectivity index (χ4v) is 1.49. The van der Waals surface area contributed by atoms with Crippen LogP contribution in [0.25, 0.3) is 0 Å². The van der Waals surface area contributed by atoms with Gasteiger partial charge in [0.2, 0.25) is 5.91 Å². The van der Waals surface area contributed by atoms with Gasteiger partial charge in [0, 0.05) is 6.42 Å². The third-order valence-corrected chi connectivity index (χ3v) is 2.55. The van der Waals surface area contributed by atoms with Crippen molar-refractivity contribution in [2.24, 2.45) is 5.73 Å². The third kappa shape index (κ3) is 4.21. The van der Waals surface area contributed by atoms with Gasteiger partial charge in [0.05, 0.1) is 12.1 Å². The molecule has 1 aromatic rings. The number of nitrogens with one attached hydrogen (secondary N) is 1. The average Bonchev–Trinajstić information content (AvgIpc) is 2.72. The number of carboxylic acid groups (broad SMARTS) is 1. The molecule has 0 aliphatic carbocycles. The number of rotatable bonds is 6. The topological polar surface area (TPSA) is 106 Å². The van der Waals surface area contributed by atoms with E-state index in [1.807, 2.05) is 13.0 Å². The van der Waals surface area contributed by atoms with Gasteiger partial charge >= 0.3 is 5.97 Å². The van der Waals surface area contributed by atoms with Crippen molar-refractivity contribution in [1.29, 1.82) is 0 Å². The third-order valence-electron chi connectivity index (χ3n) is 2.55. The van der Waals surface area contributed by atoms with Crippen molar-refractivity contribution in [3.8, 4) is 0 Å². The van der Waals surface area contributed by atoms with Crippen molar-refractivity contribution < 1.29 is 19.1 Å². The largest absolute Gasteiger partial charge is 0.481 e. The minimum absolute atomic E-state index is 0.116. The lowest BCUT2D eigenvalue weighted by molar-refractivity contribution is -0.137. The number of aliphatic carboxylic acids is 1. The number of carboxylic acids is 1. The van der Waals surface area contributed by atoms with Crippen LogP contribution in [0.3, 0.4) is 0 Å². The summed E-state index contributed by atoms with van der Waals surface area (Å²) < 4.78 is 5.37. The fourth-order valence-electron chi connectivity index (χ4n) is 1.49. The Morgan fingerprint density at radius 1 is 1.50 bits per heavy atom. The Kier molecular flexibility index (Phi) is 4.91. The molecular formula is C12H18N2O4. The Bertz CT molecular complexity index is 427. The molecule has 6 heteroatoms. The van der Waals surface area contributed by atoms with Gasteiger partial charge in [-0.3, -0.25) is 9.59 Å². The number of furan rings is 1. The minimum Gasteiger partial charge on any atom is -0.481 e. The number of aryl methyl sites for hydroxylation is 1. The zero-order chi connectivity index (χ0) is 13.7. The Morgan fingerprint density at radius 2 is 2.17 bits per heavy atom. The first-order valence-electron chi connectivity index (χ1n) is 5.74. The van der Waals surface area contributed by atoms with Crippen molar-refractivity contribution in [3.63, 3.8) is 0 Å². The van der Waals surface area contributed by atoms with Crippen molar-refractivity contribution >= 4 is 11.9 Å². The maximum absolute atomic E-state index is 11.7. The number of nitrogens with two attached hydrogens (primary N) is 1. The van der Waals surface area contributed by atoms with Crippen molar-refractivity contribution in [2.45, 2.75) is 38.8 Å². The highest BCUT2D eigenvalue weighted by Gasteiger charge is 2.18. The fraction of sp³-hybridized carbons (Fsp3) is 0.500. The zero-order valence-corrected chi connectivity index (χ0v) is 10.5. The highest BCUT2D eigenvalue weighted by atomic mass is 16.4. The molecule has 0 saturated heterocycles. The number of carbonyl (C=O) groups excluding carboxylic acids is 1. The van der Waals surface area contributed by atoms with Crippen molar-refractivity contribution in [1.82, 2.24) is 5.32 Å². The van der Waals surface area contributed by atoms with E-state index in [-0.39, 0.29) is 24.8 Å². The van der Waals surface area contributed by atoms with Gasteiger partial charge in [0.1, 0.15) is 11.5 Å². The molecule has 0 bridgehead atoms. The molecule has 1 aromatic heterocycles. The van der Waals surface area contributed by atoms with Crippen LogP contribution in [0.15, 0.2) is 16.5 Å². The van der Waals surface area contributed by atoms with E-state index >= 15 is 0 Å². The van der Waals surface area contributed by atoms with Gasteiger partial charge in [-0.15, -0.1) is 0 Å². The maximum atomic E-state index is 11.7. The number of hydrogen-bond donors (Lipinski definition) is 3. The smallest absolute Gasteiger partial charge is 0.303 e. The molecule has 0 aliphatic rings. The quantitative estimate of drug-likeness (QED) is 0.701. The molecule has 0 spiro atoms. The van der Waals surface area contributed by atoms with Gasteiger partial charge in [-0.1, -0.05) is 0 Å². The van der Waals surface area contributed by atoms with E-state index in [9.17, 15) is 9.59 Å². The predicted octanol–water partition coefficient (Wildman–Crippen LogP) is 0.957. The summed E-state index contributed by atoms with van der Waals surface area (Å²) >= 11 is 0. The molecule has 4 N–H and O–H groups in total. The van der Waals surface area contributed by atoms with Crippen LogP contribution in [0.4, 0.5) is 0 Å². The molecule has 0 fully saturated rings. The Balaban J connectivity index is 2.46.